The second-order valence-electron chi connectivity index (χ2n) is 7.45. The molecule has 1 N–H and O–H groups in total. The fourth-order valence-electron chi connectivity index (χ4n) is 3.85. The number of benzene rings is 1. The van der Waals surface area contributed by atoms with E-state index >= 15 is 0 Å². The van der Waals surface area contributed by atoms with E-state index in [1.165, 1.54) is 6.07 Å². The van der Waals surface area contributed by atoms with Gasteiger partial charge in [0.15, 0.2) is 0 Å². The summed E-state index contributed by atoms with van der Waals surface area (Å²) in [4.78, 5) is 18.7. The van der Waals surface area contributed by atoms with Crippen molar-refractivity contribution in [3.8, 4) is 11.1 Å². The van der Waals surface area contributed by atoms with Gasteiger partial charge in [0.1, 0.15) is 5.82 Å². The fraction of sp³-hybridized carbons (Fsp3) is 0.429. The number of ether oxygens (including phenoxy) is 1. The van der Waals surface area contributed by atoms with Crippen LogP contribution in [0.25, 0.3) is 22.2 Å². The predicted molar refractivity (Wildman–Crippen MR) is 104 cm³/mol. The summed E-state index contributed by atoms with van der Waals surface area (Å²) < 4.78 is 34.6. The molecule has 1 fully saturated rings. The Morgan fingerprint density at radius 2 is 2.04 bits per heavy atom. The van der Waals surface area contributed by atoms with Gasteiger partial charge in [0.2, 0.25) is 11.5 Å². The Kier molecular flexibility index (Phi) is 4.79. The average molecular weight is 387 g/mol. The Balaban J connectivity index is 1.77. The van der Waals surface area contributed by atoms with Gasteiger partial charge < -0.3 is 14.3 Å². The number of alkyl halides is 2. The number of imidazole rings is 1. The molecule has 7 heteroatoms. The summed E-state index contributed by atoms with van der Waals surface area (Å²) in [6.45, 7) is 5.05. The molecular weight excluding hydrogens is 364 g/mol. The van der Waals surface area contributed by atoms with Crippen molar-refractivity contribution < 1.29 is 13.5 Å². The summed E-state index contributed by atoms with van der Waals surface area (Å²) in [6.07, 6.45) is 1.29. The van der Waals surface area contributed by atoms with E-state index < -0.39 is 5.92 Å². The maximum Gasteiger partial charge on any atom is 0.249 e. The van der Waals surface area contributed by atoms with E-state index in [2.05, 4.69) is 9.97 Å². The van der Waals surface area contributed by atoms with Gasteiger partial charge >= 0.3 is 0 Å². The Labute approximate surface area is 161 Å². The molecule has 3 aromatic rings. The van der Waals surface area contributed by atoms with Crippen LogP contribution in [-0.2, 0) is 11.3 Å². The number of rotatable bonds is 6. The third-order valence-corrected chi connectivity index (χ3v) is 5.24. The van der Waals surface area contributed by atoms with E-state index in [0.717, 1.165) is 22.2 Å². The number of aromatic nitrogens is 3. The van der Waals surface area contributed by atoms with Gasteiger partial charge in [0, 0.05) is 37.6 Å². The highest BCUT2D eigenvalue weighted by molar-refractivity contribution is 5.82. The number of hydrogen-bond acceptors (Lipinski definition) is 3. The van der Waals surface area contributed by atoms with Crippen LogP contribution < -0.4 is 5.56 Å². The zero-order valence-electron chi connectivity index (χ0n) is 15.9. The number of aromatic amines is 1. The van der Waals surface area contributed by atoms with Crippen LogP contribution in [0.1, 0.15) is 38.4 Å². The van der Waals surface area contributed by atoms with Crippen LogP contribution >= 0.6 is 0 Å². The zero-order valence-corrected chi connectivity index (χ0v) is 15.9. The summed E-state index contributed by atoms with van der Waals surface area (Å²) in [5.41, 5.74) is 3.32. The van der Waals surface area contributed by atoms with Gasteiger partial charge in [0.05, 0.1) is 23.7 Å². The first-order chi connectivity index (χ1) is 13.4. The van der Waals surface area contributed by atoms with Gasteiger partial charge in [-0.15, -0.1) is 0 Å². The van der Waals surface area contributed by atoms with Gasteiger partial charge in [-0.05, 0) is 43.2 Å². The summed E-state index contributed by atoms with van der Waals surface area (Å²) in [5, 5.41) is 0. The van der Waals surface area contributed by atoms with Crippen molar-refractivity contribution >= 4 is 11.0 Å². The van der Waals surface area contributed by atoms with E-state index in [1.807, 2.05) is 36.6 Å². The highest BCUT2D eigenvalue weighted by Gasteiger charge is 2.48. The van der Waals surface area contributed by atoms with Crippen molar-refractivity contribution in [3.05, 3.63) is 52.7 Å². The average Bonchev–Trinajstić information content (AvgIpc) is 2.98. The molecule has 1 aliphatic carbocycles. The first-order valence-corrected chi connectivity index (χ1v) is 9.55. The molecule has 5 nitrogen and oxygen atoms in total. The molecule has 0 bridgehead atoms. The first-order valence-electron chi connectivity index (χ1n) is 9.55. The third-order valence-electron chi connectivity index (χ3n) is 5.24. The molecule has 28 heavy (non-hydrogen) atoms. The predicted octanol–water partition coefficient (Wildman–Crippen LogP) is 4.33. The number of hydrogen-bond donors (Lipinski definition) is 1. The molecule has 1 saturated carbocycles. The summed E-state index contributed by atoms with van der Waals surface area (Å²) in [5.74, 6) is -2.14. The number of H-pyrrole nitrogens is 1. The highest BCUT2D eigenvalue weighted by Crippen LogP contribution is 2.48. The molecule has 1 aliphatic rings. The van der Waals surface area contributed by atoms with Crippen molar-refractivity contribution in [2.24, 2.45) is 0 Å². The molecule has 0 aliphatic heterocycles. The molecule has 1 atom stereocenters. The van der Waals surface area contributed by atoms with Crippen molar-refractivity contribution in [1.82, 2.24) is 14.5 Å². The smallest absolute Gasteiger partial charge is 0.249 e. The molecular formula is C21H23F2N3O2. The number of pyridine rings is 1. The fourth-order valence-corrected chi connectivity index (χ4v) is 3.85. The standard InChI is InChI=1S/C21H23F2N3O2/c1-3-28-13(2)12-26-18-8-14(15-5-7-19(27)24-11-15)4-6-17(18)25-20(26)16-9-21(22,23)10-16/h4-8,11,13,16H,3,9-10,12H2,1-2H3,(H,24,27)/t13-/m0/s1. The van der Waals surface area contributed by atoms with Crippen molar-refractivity contribution in [1.29, 1.82) is 0 Å². The molecule has 0 radical (unpaired) electrons. The second kappa shape index (κ2) is 7.13. The maximum absolute atomic E-state index is 13.5. The lowest BCUT2D eigenvalue weighted by Gasteiger charge is -2.34. The molecule has 0 unspecified atom stereocenters. The lowest BCUT2D eigenvalue weighted by molar-refractivity contribution is -0.0892. The molecule has 0 amide bonds. The Bertz CT molecular complexity index is 1030. The van der Waals surface area contributed by atoms with Crippen LogP contribution in [0, 0.1) is 0 Å². The highest BCUT2D eigenvalue weighted by atomic mass is 19.3. The monoisotopic (exact) mass is 387 g/mol. The van der Waals surface area contributed by atoms with Crippen LogP contribution in [0.2, 0.25) is 0 Å². The lowest BCUT2D eigenvalue weighted by Crippen LogP contribution is -2.35. The van der Waals surface area contributed by atoms with E-state index in [-0.39, 0.29) is 30.4 Å². The van der Waals surface area contributed by atoms with Crippen LogP contribution in [0.3, 0.4) is 0 Å². The number of nitrogens with zero attached hydrogens (tertiary/aromatic N) is 2. The summed E-state index contributed by atoms with van der Waals surface area (Å²) in [7, 11) is 0. The van der Waals surface area contributed by atoms with Crippen molar-refractivity contribution in [3.63, 3.8) is 0 Å². The molecule has 148 valence electrons. The first kappa shape index (κ1) is 18.8. The Morgan fingerprint density at radius 3 is 2.68 bits per heavy atom. The molecule has 0 saturated heterocycles. The van der Waals surface area contributed by atoms with Crippen LogP contribution in [0.5, 0.6) is 0 Å². The van der Waals surface area contributed by atoms with E-state index in [4.69, 9.17) is 4.74 Å². The minimum absolute atomic E-state index is 0.0570. The van der Waals surface area contributed by atoms with Gasteiger partial charge in [-0.2, -0.15) is 0 Å². The summed E-state index contributed by atoms with van der Waals surface area (Å²) in [6, 6.07) is 9.07. The van der Waals surface area contributed by atoms with E-state index in [0.29, 0.717) is 19.0 Å². The molecule has 1 aromatic carbocycles. The van der Waals surface area contributed by atoms with Gasteiger partial charge in [0.25, 0.3) is 0 Å². The molecule has 0 spiro atoms. The minimum Gasteiger partial charge on any atom is -0.377 e. The maximum atomic E-state index is 13.5. The summed E-state index contributed by atoms with van der Waals surface area (Å²) >= 11 is 0. The quantitative estimate of drug-likeness (QED) is 0.685. The Morgan fingerprint density at radius 1 is 1.29 bits per heavy atom. The van der Waals surface area contributed by atoms with Crippen molar-refractivity contribution in [2.45, 2.75) is 51.2 Å². The van der Waals surface area contributed by atoms with Crippen LogP contribution in [0.4, 0.5) is 8.78 Å². The normalized spacial score (nSPS) is 17.6. The van der Waals surface area contributed by atoms with E-state index in [9.17, 15) is 13.6 Å². The zero-order chi connectivity index (χ0) is 19.9. The second-order valence-corrected chi connectivity index (χ2v) is 7.45. The Hall–Kier alpha value is -2.54. The van der Waals surface area contributed by atoms with E-state index in [1.54, 1.807) is 12.3 Å². The lowest BCUT2D eigenvalue weighted by atomic mass is 9.80. The molecule has 2 heterocycles. The number of halogens is 2. The molecule has 4 rings (SSSR count). The number of fused-ring (bicyclic) bond motifs is 1. The van der Waals surface area contributed by atoms with Crippen LogP contribution in [-0.4, -0.2) is 33.2 Å². The van der Waals surface area contributed by atoms with Gasteiger partial charge in [-0.25, -0.2) is 13.8 Å². The van der Waals surface area contributed by atoms with Gasteiger partial charge in [-0.3, -0.25) is 4.79 Å². The minimum atomic E-state index is -2.60. The topological polar surface area (TPSA) is 59.9 Å². The third kappa shape index (κ3) is 3.58. The number of nitrogens with one attached hydrogen (secondary N) is 1. The van der Waals surface area contributed by atoms with Crippen molar-refractivity contribution in [2.75, 3.05) is 6.61 Å². The van der Waals surface area contributed by atoms with Gasteiger partial charge in [-0.1, -0.05) is 6.07 Å². The SMILES string of the molecule is CCO[C@@H](C)Cn1c(C2CC(F)(F)C2)nc2ccc(-c3ccc(=O)[nH]c3)cc21. The molecule has 2 aromatic heterocycles. The largest absolute Gasteiger partial charge is 0.377 e. The van der Waals surface area contributed by atoms with Crippen LogP contribution in [0.15, 0.2) is 41.3 Å².